The molecule has 1 heterocycles. The summed E-state index contributed by atoms with van der Waals surface area (Å²) in [6, 6.07) is 12.4. The molecule has 7 heteroatoms. The number of halogens is 1. The van der Waals surface area contributed by atoms with Crippen LogP contribution >= 0.6 is 0 Å². The maximum atomic E-state index is 14.7. The molecule has 1 aliphatic carbocycles. The molecule has 0 radical (unpaired) electrons. The van der Waals surface area contributed by atoms with E-state index in [1.165, 1.54) is 6.07 Å². The molecule has 36 heavy (non-hydrogen) atoms. The Kier molecular flexibility index (Phi) is 8.28. The molecule has 0 amide bonds. The van der Waals surface area contributed by atoms with Crippen molar-refractivity contribution in [3.05, 3.63) is 65.1 Å². The van der Waals surface area contributed by atoms with Gasteiger partial charge in [0, 0.05) is 5.56 Å². The highest BCUT2D eigenvalue weighted by Crippen LogP contribution is 2.45. The van der Waals surface area contributed by atoms with Crippen LogP contribution < -0.4 is 9.47 Å². The van der Waals surface area contributed by atoms with E-state index in [-0.39, 0.29) is 18.5 Å². The monoisotopic (exact) mass is 495 g/mol. The second-order valence-corrected chi connectivity index (χ2v) is 9.69. The van der Waals surface area contributed by atoms with Gasteiger partial charge in [0.2, 0.25) is 0 Å². The largest absolute Gasteiger partial charge is 0.497 e. The number of carbonyl (C=O) groups is 1. The second kappa shape index (κ2) is 11.6. The van der Waals surface area contributed by atoms with Gasteiger partial charge < -0.3 is 18.7 Å². The molecule has 0 N–H and O–H groups in total. The number of benzene rings is 2. The zero-order valence-corrected chi connectivity index (χ0v) is 21.4. The number of nitrogens with zero attached hydrogens (tertiary/aromatic N) is 1. The first-order valence-corrected chi connectivity index (χ1v) is 12.6. The van der Waals surface area contributed by atoms with Gasteiger partial charge in [0.15, 0.2) is 5.76 Å². The van der Waals surface area contributed by atoms with Gasteiger partial charge >= 0.3 is 5.97 Å². The van der Waals surface area contributed by atoms with E-state index in [1.54, 1.807) is 19.2 Å². The number of hydrogen-bond acceptors (Lipinski definition) is 6. The van der Waals surface area contributed by atoms with E-state index in [9.17, 15) is 9.18 Å². The molecule has 0 unspecified atom stereocenters. The molecular weight excluding hydrogens is 461 g/mol. The predicted molar refractivity (Wildman–Crippen MR) is 134 cm³/mol. The second-order valence-electron chi connectivity index (χ2n) is 9.69. The highest BCUT2D eigenvalue weighted by Gasteiger charge is 2.34. The zero-order valence-electron chi connectivity index (χ0n) is 21.4. The Labute approximate surface area is 211 Å². The Morgan fingerprint density at radius 1 is 1.17 bits per heavy atom. The van der Waals surface area contributed by atoms with E-state index < -0.39 is 5.82 Å². The molecule has 4 rings (SSSR count). The van der Waals surface area contributed by atoms with E-state index in [0.717, 1.165) is 24.0 Å². The van der Waals surface area contributed by atoms with Crippen LogP contribution in [0.2, 0.25) is 0 Å². The fourth-order valence-corrected chi connectivity index (χ4v) is 4.53. The summed E-state index contributed by atoms with van der Waals surface area (Å²) >= 11 is 0. The Morgan fingerprint density at radius 2 is 1.97 bits per heavy atom. The van der Waals surface area contributed by atoms with Crippen LogP contribution in [-0.4, -0.2) is 24.8 Å². The average Bonchev–Trinajstić information content (AvgIpc) is 3.63. The van der Waals surface area contributed by atoms with Gasteiger partial charge in [-0.25, -0.2) is 4.39 Å². The highest BCUT2D eigenvalue weighted by molar-refractivity contribution is 5.70. The Bertz CT molecular complexity index is 1180. The maximum Gasteiger partial charge on any atom is 0.306 e. The minimum absolute atomic E-state index is 0.124. The topological polar surface area (TPSA) is 70.8 Å². The molecule has 3 aromatic rings. The van der Waals surface area contributed by atoms with Crippen molar-refractivity contribution in [3.63, 3.8) is 0 Å². The molecule has 1 aromatic heterocycles. The van der Waals surface area contributed by atoms with Crippen molar-refractivity contribution in [2.24, 2.45) is 11.8 Å². The van der Waals surface area contributed by atoms with Crippen molar-refractivity contribution < 1.29 is 27.9 Å². The fraction of sp³-hybridized carbons (Fsp3) is 0.448. The average molecular weight is 496 g/mol. The van der Waals surface area contributed by atoms with Crippen molar-refractivity contribution in [1.82, 2.24) is 5.16 Å². The first kappa shape index (κ1) is 25.7. The van der Waals surface area contributed by atoms with Crippen LogP contribution in [0.25, 0.3) is 11.3 Å². The van der Waals surface area contributed by atoms with E-state index in [4.69, 9.17) is 18.7 Å². The number of methoxy groups -OCH3 is 1. The maximum absolute atomic E-state index is 14.7. The minimum atomic E-state index is -0.398. The van der Waals surface area contributed by atoms with Crippen molar-refractivity contribution >= 4 is 5.97 Å². The number of ether oxygens (including phenoxy) is 3. The van der Waals surface area contributed by atoms with Crippen LogP contribution in [0.5, 0.6) is 11.5 Å². The van der Waals surface area contributed by atoms with Crippen molar-refractivity contribution in [2.45, 2.75) is 59.0 Å². The summed E-state index contributed by atoms with van der Waals surface area (Å²) < 4.78 is 36.9. The van der Waals surface area contributed by atoms with Crippen molar-refractivity contribution in [3.8, 4) is 22.8 Å². The molecule has 0 aliphatic heterocycles. The molecule has 192 valence electrons. The van der Waals surface area contributed by atoms with Crippen LogP contribution in [0, 0.1) is 17.7 Å². The van der Waals surface area contributed by atoms with E-state index in [2.05, 4.69) is 19.0 Å². The van der Waals surface area contributed by atoms with Crippen molar-refractivity contribution in [1.29, 1.82) is 0 Å². The zero-order chi connectivity index (χ0) is 25.7. The lowest BCUT2D eigenvalue weighted by molar-refractivity contribution is -0.143. The Balaban J connectivity index is 1.55. The highest BCUT2D eigenvalue weighted by atomic mass is 19.1. The van der Waals surface area contributed by atoms with Gasteiger partial charge in [-0.3, -0.25) is 4.79 Å². The van der Waals surface area contributed by atoms with Gasteiger partial charge in [0.1, 0.15) is 29.6 Å². The first-order chi connectivity index (χ1) is 17.4. The van der Waals surface area contributed by atoms with Gasteiger partial charge in [-0.05, 0) is 79.8 Å². The number of esters is 1. The number of aromatic nitrogens is 1. The van der Waals surface area contributed by atoms with Gasteiger partial charge in [-0.15, -0.1) is 0 Å². The molecule has 0 bridgehead atoms. The molecule has 1 fully saturated rings. The number of rotatable bonds is 12. The predicted octanol–water partition coefficient (Wildman–Crippen LogP) is 6.71. The third-order valence-electron chi connectivity index (χ3n) is 6.44. The summed E-state index contributed by atoms with van der Waals surface area (Å²) in [6.45, 7) is 6.58. The van der Waals surface area contributed by atoms with E-state index >= 15 is 0 Å². The normalized spacial score (nSPS) is 14.1. The van der Waals surface area contributed by atoms with Gasteiger partial charge in [-0.2, -0.15) is 0 Å². The van der Waals surface area contributed by atoms with E-state index in [1.807, 2.05) is 31.2 Å². The first-order valence-electron chi connectivity index (χ1n) is 12.6. The Hall–Kier alpha value is -3.35. The third kappa shape index (κ3) is 6.25. The van der Waals surface area contributed by atoms with Gasteiger partial charge in [-0.1, -0.05) is 31.1 Å². The number of carbonyl (C=O) groups excluding carboxylic acids is 1. The lowest BCUT2D eigenvalue weighted by atomic mass is 9.91. The summed E-state index contributed by atoms with van der Waals surface area (Å²) in [4.78, 5) is 12.2. The summed E-state index contributed by atoms with van der Waals surface area (Å²) in [6.07, 6.45) is 3.28. The molecule has 2 aromatic carbocycles. The quantitative estimate of drug-likeness (QED) is 0.260. The summed E-state index contributed by atoms with van der Waals surface area (Å²) in [5, 5.41) is 4.24. The van der Waals surface area contributed by atoms with Crippen molar-refractivity contribution in [2.75, 3.05) is 13.7 Å². The molecule has 1 atom stereocenters. The third-order valence-corrected chi connectivity index (χ3v) is 6.44. The molecule has 0 saturated heterocycles. The van der Waals surface area contributed by atoms with Crippen LogP contribution in [-0.2, 0) is 22.6 Å². The van der Waals surface area contributed by atoms with Gasteiger partial charge in [0.25, 0.3) is 0 Å². The van der Waals surface area contributed by atoms with Gasteiger partial charge in [0.05, 0.1) is 25.7 Å². The lowest BCUT2D eigenvalue weighted by Crippen LogP contribution is -2.12. The molecular formula is C29H34FNO5. The molecule has 0 spiro atoms. The smallest absolute Gasteiger partial charge is 0.306 e. The SMILES string of the molecule is CCOC(=O)C[C@H](c1cccc(OCc2noc(-c3cc(OC)ccc3F)c2CC(C)C)c1)C1CC1. The number of hydrogen-bond donors (Lipinski definition) is 0. The lowest BCUT2D eigenvalue weighted by Gasteiger charge is -2.17. The standard InChI is InChI=1S/C29H34FNO5/c1-5-34-28(32)16-23(19-9-10-19)20-7-6-8-22(14-20)35-17-27-25(13-18(2)3)29(36-31-27)24-15-21(33-4)11-12-26(24)30/h6-8,11-12,14-15,18-19,23H,5,9-10,13,16-17H2,1-4H3/t23-/m0/s1. The fourth-order valence-electron chi connectivity index (χ4n) is 4.53. The molecule has 6 nitrogen and oxygen atoms in total. The van der Waals surface area contributed by atoms with Crippen LogP contribution in [0.4, 0.5) is 4.39 Å². The summed E-state index contributed by atoms with van der Waals surface area (Å²) in [5.74, 6) is 1.99. The van der Waals surface area contributed by atoms with E-state index in [0.29, 0.717) is 59.8 Å². The summed E-state index contributed by atoms with van der Waals surface area (Å²) in [5.41, 5.74) is 2.85. The van der Waals surface area contributed by atoms with Crippen LogP contribution in [0.1, 0.15) is 62.8 Å². The minimum Gasteiger partial charge on any atom is -0.497 e. The summed E-state index contributed by atoms with van der Waals surface area (Å²) in [7, 11) is 1.54. The molecule has 1 aliphatic rings. The van der Waals surface area contributed by atoms with Crippen LogP contribution in [0.3, 0.4) is 0 Å². The van der Waals surface area contributed by atoms with Crippen LogP contribution in [0.15, 0.2) is 47.0 Å². The Morgan fingerprint density at radius 3 is 2.67 bits per heavy atom. The molecule has 1 saturated carbocycles.